The molecule has 0 saturated carbocycles. The van der Waals surface area contributed by atoms with Crippen molar-refractivity contribution in [2.24, 2.45) is 0 Å². The molecular weight excluding hydrogens is 386 g/mol. The lowest BCUT2D eigenvalue weighted by Gasteiger charge is -2.09. The van der Waals surface area contributed by atoms with Crippen LogP contribution in [0.4, 0.5) is 5.69 Å². The number of ether oxygens (including phenoxy) is 3. The standard InChI is InChI=1S/C23H23NO6/c1-2-27-19-9-11-21(12-10-19)30-20-7-5-17(6-8-20)24-22(25)16-29-23(26)14-13-18-4-3-15-28-18/h3-12,15H,2,13-14,16H2,1H3,(H,24,25). The van der Waals surface area contributed by atoms with Crippen LogP contribution >= 0.6 is 0 Å². The number of benzene rings is 2. The molecule has 7 nitrogen and oxygen atoms in total. The van der Waals surface area contributed by atoms with E-state index in [0.717, 1.165) is 5.75 Å². The smallest absolute Gasteiger partial charge is 0.306 e. The molecule has 1 aromatic heterocycles. The number of anilines is 1. The maximum Gasteiger partial charge on any atom is 0.306 e. The van der Waals surface area contributed by atoms with Crippen molar-refractivity contribution in [2.45, 2.75) is 19.8 Å². The number of furan rings is 1. The quantitative estimate of drug-likeness (QED) is 0.493. The van der Waals surface area contributed by atoms with Gasteiger partial charge in [-0.15, -0.1) is 0 Å². The van der Waals surface area contributed by atoms with E-state index in [1.807, 2.05) is 31.2 Å². The number of hydrogen-bond acceptors (Lipinski definition) is 6. The molecular formula is C23H23NO6. The summed E-state index contributed by atoms with van der Waals surface area (Å²) in [6.45, 7) is 2.19. The van der Waals surface area contributed by atoms with Crippen molar-refractivity contribution in [3.8, 4) is 17.2 Å². The van der Waals surface area contributed by atoms with Gasteiger partial charge in [0.05, 0.1) is 19.3 Å². The minimum atomic E-state index is -0.458. The molecule has 2 aromatic carbocycles. The summed E-state index contributed by atoms with van der Waals surface area (Å²) in [5.74, 6) is 1.91. The number of carbonyl (C=O) groups is 2. The Balaban J connectivity index is 1.40. The molecule has 0 atom stereocenters. The monoisotopic (exact) mass is 409 g/mol. The van der Waals surface area contributed by atoms with E-state index in [2.05, 4.69) is 5.32 Å². The number of amides is 1. The summed E-state index contributed by atoms with van der Waals surface area (Å²) < 4.78 is 21.3. The second-order valence-electron chi connectivity index (χ2n) is 6.32. The summed E-state index contributed by atoms with van der Waals surface area (Å²) in [5, 5.41) is 2.67. The average molecular weight is 409 g/mol. The lowest BCUT2D eigenvalue weighted by Crippen LogP contribution is -2.21. The zero-order valence-corrected chi connectivity index (χ0v) is 16.6. The molecule has 0 aliphatic rings. The largest absolute Gasteiger partial charge is 0.494 e. The van der Waals surface area contributed by atoms with Crippen LogP contribution in [0.2, 0.25) is 0 Å². The molecule has 156 valence electrons. The Labute approximate surface area is 174 Å². The third-order valence-corrected chi connectivity index (χ3v) is 4.03. The van der Waals surface area contributed by atoms with E-state index in [1.165, 1.54) is 0 Å². The van der Waals surface area contributed by atoms with Gasteiger partial charge in [0.1, 0.15) is 23.0 Å². The number of nitrogens with one attached hydrogen (secondary N) is 1. The number of esters is 1. The van der Waals surface area contributed by atoms with Crippen LogP contribution in [-0.2, 0) is 20.7 Å². The maximum absolute atomic E-state index is 12.0. The van der Waals surface area contributed by atoms with Gasteiger partial charge < -0.3 is 23.9 Å². The fraction of sp³-hybridized carbons (Fsp3) is 0.217. The predicted octanol–water partition coefficient (Wildman–Crippen LogP) is 4.59. The first-order chi connectivity index (χ1) is 14.6. The Morgan fingerprint density at radius 3 is 2.23 bits per heavy atom. The zero-order chi connectivity index (χ0) is 21.2. The first-order valence-electron chi connectivity index (χ1n) is 9.61. The van der Waals surface area contributed by atoms with E-state index < -0.39 is 11.9 Å². The van der Waals surface area contributed by atoms with E-state index in [-0.39, 0.29) is 13.0 Å². The third-order valence-electron chi connectivity index (χ3n) is 4.03. The highest BCUT2D eigenvalue weighted by atomic mass is 16.5. The summed E-state index contributed by atoms with van der Waals surface area (Å²) in [6.07, 6.45) is 2.13. The molecule has 0 spiro atoms. The maximum atomic E-state index is 12.0. The zero-order valence-electron chi connectivity index (χ0n) is 16.6. The predicted molar refractivity (Wildman–Crippen MR) is 111 cm³/mol. The second-order valence-corrected chi connectivity index (χ2v) is 6.32. The summed E-state index contributed by atoms with van der Waals surface area (Å²) in [5.41, 5.74) is 0.575. The SMILES string of the molecule is CCOc1ccc(Oc2ccc(NC(=O)COC(=O)CCc3ccco3)cc2)cc1. The molecule has 1 heterocycles. The Kier molecular flexibility index (Phi) is 7.49. The Morgan fingerprint density at radius 2 is 1.60 bits per heavy atom. The first kappa shape index (κ1) is 21.0. The number of hydrogen-bond donors (Lipinski definition) is 1. The molecule has 7 heteroatoms. The van der Waals surface area contributed by atoms with Gasteiger partial charge in [-0.2, -0.15) is 0 Å². The van der Waals surface area contributed by atoms with Crippen molar-refractivity contribution in [3.63, 3.8) is 0 Å². The van der Waals surface area contributed by atoms with Crippen LogP contribution in [0, 0.1) is 0 Å². The molecule has 0 aliphatic heterocycles. The molecule has 0 saturated heterocycles. The summed E-state index contributed by atoms with van der Waals surface area (Å²) in [4.78, 5) is 23.7. The summed E-state index contributed by atoms with van der Waals surface area (Å²) in [6, 6.07) is 17.7. The molecule has 30 heavy (non-hydrogen) atoms. The van der Waals surface area contributed by atoms with Gasteiger partial charge in [-0.1, -0.05) is 0 Å². The van der Waals surface area contributed by atoms with Gasteiger partial charge in [-0.25, -0.2) is 0 Å². The van der Waals surface area contributed by atoms with Crippen molar-refractivity contribution in [1.82, 2.24) is 0 Å². The molecule has 0 bridgehead atoms. The topological polar surface area (TPSA) is 87.0 Å². The summed E-state index contributed by atoms with van der Waals surface area (Å²) >= 11 is 0. The fourth-order valence-corrected chi connectivity index (χ4v) is 2.61. The Hall–Kier alpha value is -3.74. The van der Waals surface area contributed by atoms with Crippen LogP contribution in [0.5, 0.6) is 17.2 Å². The first-order valence-corrected chi connectivity index (χ1v) is 9.61. The van der Waals surface area contributed by atoms with Gasteiger partial charge in [0.15, 0.2) is 6.61 Å². The van der Waals surface area contributed by atoms with Crippen molar-refractivity contribution < 1.29 is 28.2 Å². The number of rotatable bonds is 10. The molecule has 0 fully saturated rings. The lowest BCUT2D eigenvalue weighted by atomic mass is 10.2. The average Bonchev–Trinajstić information content (AvgIpc) is 3.27. The minimum absolute atomic E-state index is 0.151. The van der Waals surface area contributed by atoms with Crippen LogP contribution in [-0.4, -0.2) is 25.1 Å². The molecule has 0 unspecified atom stereocenters. The second kappa shape index (κ2) is 10.7. The van der Waals surface area contributed by atoms with Crippen LogP contribution in [0.3, 0.4) is 0 Å². The van der Waals surface area contributed by atoms with E-state index in [1.54, 1.807) is 42.7 Å². The number of carbonyl (C=O) groups excluding carboxylic acids is 2. The van der Waals surface area contributed by atoms with Gasteiger partial charge in [0.25, 0.3) is 5.91 Å². The highest BCUT2D eigenvalue weighted by Gasteiger charge is 2.09. The molecule has 0 radical (unpaired) electrons. The highest BCUT2D eigenvalue weighted by Crippen LogP contribution is 2.25. The van der Waals surface area contributed by atoms with E-state index in [9.17, 15) is 9.59 Å². The van der Waals surface area contributed by atoms with Gasteiger partial charge >= 0.3 is 5.97 Å². The molecule has 3 rings (SSSR count). The van der Waals surface area contributed by atoms with Gasteiger partial charge in [-0.05, 0) is 67.6 Å². The minimum Gasteiger partial charge on any atom is -0.494 e. The normalized spacial score (nSPS) is 10.3. The lowest BCUT2D eigenvalue weighted by molar-refractivity contribution is -0.147. The van der Waals surface area contributed by atoms with Gasteiger partial charge in [0.2, 0.25) is 0 Å². The van der Waals surface area contributed by atoms with E-state index >= 15 is 0 Å². The highest BCUT2D eigenvalue weighted by molar-refractivity contribution is 5.92. The van der Waals surface area contributed by atoms with Crippen molar-refractivity contribution >= 4 is 17.6 Å². The number of aryl methyl sites for hydroxylation is 1. The van der Waals surface area contributed by atoms with Crippen molar-refractivity contribution in [3.05, 3.63) is 72.7 Å². The van der Waals surface area contributed by atoms with Crippen LogP contribution in [0.1, 0.15) is 19.1 Å². The fourth-order valence-electron chi connectivity index (χ4n) is 2.61. The van der Waals surface area contributed by atoms with Crippen molar-refractivity contribution in [2.75, 3.05) is 18.5 Å². The Morgan fingerprint density at radius 1 is 0.933 bits per heavy atom. The summed E-state index contributed by atoms with van der Waals surface area (Å²) in [7, 11) is 0. The Bertz CT molecular complexity index is 933. The molecule has 0 aliphatic carbocycles. The molecule has 3 aromatic rings. The third kappa shape index (κ3) is 6.70. The van der Waals surface area contributed by atoms with Gasteiger partial charge in [-0.3, -0.25) is 9.59 Å². The van der Waals surface area contributed by atoms with Crippen LogP contribution in [0.25, 0.3) is 0 Å². The molecule has 1 amide bonds. The van der Waals surface area contributed by atoms with Crippen LogP contribution < -0.4 is 14.8 Å². The van der Waals surface area contributed by atoms with Crippen molar-refractivity contribution in [1.29, 1.82) is 0 Å². The van der Waals surface area contributed by atoms with E-state index in [4.69, 9.17) is 18.6 Å². The van der Waals surface area contributed by atoms with Crippen LogP contribution in [0.15, 0.2) is 71.3 Å². The molecule has 1 N–H and O–H groups in total. The van der Waals surface area contributed by atoms with E-state index in [0.29, 0.717) is 36.0 Å². The van der Waals surface area contributed by atoms with Gasteiger partial charge in [0, 0.05) is 12.1 Å².